The van der Waals surface area contributed by atoms with Crippen molar-refractivity contribution >= 4 is 11.7 Å². The molecule has 2 rings (SSSR count). The molecular weight excluding hydrogens is 220 g/mol. The van der Waals surface area contributed by atoms with Crippen LogP contribution < -0.4 is 5.32 Å². The number of nitrogens with one attached hydrogen (secondary N) is 2. The Bertz CT molecular complexity index is 475. The van der Waals surface area contributed by atoms with Gasteiger partial charge in [0.05, 0.1) is 12.7 Å². The molecule has 17 heavy (non-hydrogen) atoms. The summed E-state index contributed by atoms with van der Waals surface area (Å²) in [5, 5.41) is 17.0. The molecule has 0 saturated heterocycles. The van der Waals surface area contributed by atoms with Crippen LogP contribution in [0.25, 0.3) is 0 Å². The minimum Gasteiger partial charge on any atom is -0.309 e. The molecule has 0 saturated carbocycles. The van der Waals surface area contributed by atoms with Gasteiger partial charge >= 0.3 is 0 Å². The van der Waals surface area contributed by atoms with Crippen molar-refractivity contribution < 1.29 is 4.79 Å². The third-order valence-electron chi connectivity index (χ3n) is 2.32. The van der Waals surface area contributed by atoms with E-state index in [9.17, 15) is 4.79 Å². The van der Waals surface area contributed by atoms with Gasteiger partial charge < -0.3 is 5.32 Å². The van der Waals surface area contributed by atoms with Crippen molar-refractivity contribution in [1.29, 1.82) is 0 Å². The first-order valence-corrected chi connectivity index (χ1v) is 5.46. The molecule has 0 aromatic carbocycles. The number of aryl methyl sites for hydroxylation is 2. The third-order valence-corrected chi connectivity index (χ3v) is 2.32. The monoisotopic (exact) mass is 234 g/mol. The van der Waals surface area contributed by atoms with Gasteiger partial charge in [0.1, 0.15) is 0 Å². The van der Waals surface area contributed by atoms with Gasteiger partial charge in [-0.2, -0.15) is 5.10 Å². The number of rotatable bonds is 5. The lowest BCUT2D eigenvalue weighted by Gasteiger charge is -2.01. The normalized spacial score (nSPS) is 10.4. The van der Waals surface area contributed by atoms with Crippen LogP contribution in [-0.2, 0) is 17.8 Å². The van der Waals surface area contributed by atoms with E-state index in [0.29, 0.717) is 18.8 Å². The Balaban J connectivity index is 1.81. The fourth-order valence-electron chi connectivity index (χ4n) is 1.38. The molecule has 0 aliphatic carbocycles. The van der Waals surface area contributed by atoms with E-state index in [0.717, 1.165) is 12.1 Å². The van der Waals surface area contributed by atoms with Crippen LogP contribution in [0.5, 0.6) is 0 Å². The summed E-state index contributed by atoms with van der Waals surface area (Å²) in [6, 6.07) is 1.83. The zero-order valence-electron chi connectivity index (χ0n) is 9.55. The van der Waals surface area contributed by atoms with E-state index >= 15 is 0 Å². The highest BCUT2D eigenvalue weighted by Crippen LogP contribution is 2.06. The van der Waals surface area contributed by atoms with Crippen LogP contribution in [0.4, 0.5) is 5.82 Å². The van der Waals surface area contributed by atoms with Gasteiger partial charge in [0.15, 0.2) is 5.82 Å². The Morgan fingerprint density at radius 1 is 1.59 bits per heavy atom. The van der Waals surface area contributed by atoms with Crippen LogP contribution in [0.15, 0.2) is 18.5 Å². The van der Waals surface area contributed by atoms with E-state index in [1.807, 2.05) is 13.0 Å². The van der Waals surface area contributed by atoms with Crippen molar-refractivity contribution in [2.45, 2.75) is 26.3 Å². The van der Waals surface area contributed by atoms with Gasteiger partial charge in [-0.05, 0) is 6.42 Å². The standard InChI is InChI=1S/C10H14N6O/c1-2-8-7-9(14-13-8)12-10(17)3-5-16-6-4-11-15-16/h4,6-7H,2-3,5H2,1H3,(H2,12,13,14,17). The van der Waals surface area contributed by atoms with E-state index in [-0.39, 0.29) is 5.91 Å². The molecule has 7 heteroatoms. The van der Waals surface area contributed by atoms with Crippen LogP contribution >= 0.6 is 0 Å². The van der Waals surface area contributed by atoms with Crippen LogP contribution in [0, 0.1) is 0 Å². The third kappa shape index (κ3) is 3.13. The van der Waals surface area contributed by atoms with Gasteiger partial charge in [-0.3, -0.25) is 14.6 Å². The highest BCUT2D eigenvalue weighted by Gasteiger charge is 2.05. The summed E-state index contributed by atoms with van der Waals surface area (Å²) >= 11 is 0. The summed E-state index contributed by atoms with van der Waals surface area (Å²) < 4.78 is 1.61. The Labute approximate surface area is 98.2 Å². The largest absolute Gasteiger partial charge is 0.309 e. The Morgan fingerprint density at radius 3 is 3.12 bits per heavy atom. The quantitative estimate of drug-likeness (QED) is 0.792. The highest BCUT2D eigenvalue weighted by molar-refractivity contribution is 5.89. The number of H-pyrrole nitrogens is 1. The predicted molar refractivity (Wildman–Crippen MR) is 61.2 cm³/mol. The number of amides is 1. The maximum Gasteiger partial charge on any atom is 0.227 e. The molecule has 2 N–H and O–H groups in total. The van der Waals surface area contributed by atoms with Gasteiger partial charge in [0.2, 0.25) is 5.91 Å². The number of carbonyl (C=O) groups excluding carboxylic acids is 1. The van der Waals surface area contributed by atoms with E-state index in [1.165, 1.54) is 0 Å². The highest BCUT2D eigenvalue weighted by atomic mass is 16.1. The average molecular weight is 234 g/mol. The zero-order valence-corrected chi connectivity index (χ0v) is 9.55. The van der Waals surface area contributed by atoms with Crippen molar-refractivity contribution in [3.8, 4) is 0 Å². The Kier molecular flexibility index (Phi) is 3.49. The number of nitrogens with zero attached hydrogens (tertiary/aromatic N) is 4. The first-order valence-electron chi connectivity index (χ1n) is 5.46. The molecule has 7 nitrogen and oxygen atoms in total. The predicted octanol–water partition coefficient (Wildman–Crippen LogP) is 0.592. The second-order valence-corrected chi connectivity index (χ2v) is 3.60. The molecule has 2 heterocycles. The summed E-state index contributed by atoms with van der Waals surface area (Å²) in [5.41, 5.74) is 0.997. The molecule has 2 aromatic rings. The molecule has 0 atom stereocenters. The van der Waals surface area contributed by atoms with Crippen LogP contribution in [0.1, 0.15) is 19.0 Å². The van der Waals surface area contributed by atoms with Gasteiger partial charge in [0.25, 0.3) is 0 Å². The molecule has 2 aromatic heterocycles. The minimum absolute atomic E-state index is 0.0883. The van der Waals surface area contributed by atoms with Crippen molar-refractivity contribution in [1.82, 2.24) is 25.2 Å². The molecule has 0 aliphatic rings. The fourth-order valence-corrected chi connectivity index (χ4v) is 1.38. The summed E-state index contributed by atoms with van der Waals surface area (Å²) in [6.07, 6.45) is 4.51. The maximum absolute atomic E-state index is 11.6. The number of aromatic amines is 1. The zero-order chi connectivity index (χ0) is 12.1. The minimum atomic E-state index is -0.0883. The van der Waals surface area contributed by atoms with Crippen molar-refractivity contribution in [3.63, 3.8) is 0 Å². The second kappa shape index (κ2) is 5.24. The van der Waals surface area contributed by atoms with Crippen LogP contribution in [0.3, 0.4) is 0 Å². The molecule has 0 unspecified atom stereocenters. The van der Waals surface area contributed by atoms with Gasteiger partial charge in [-0.15, -0.1) is 5.10 Å². The van der Waals surface area contributed by atoms with E-state index in [4.69, 9.17) is 0 Å². The lowest BCUT2D eigenvalue weighted by molar-refractivity contribution is -0.116. The molecule has 90 valence electrons. The Morgan fingerprint density at radius 2 is 2.47 bits per heavy atom. The van der Waals surface area contributed by atoms with Crippen molar-refractivity contribution in [2.24, 2.45) is 0 Å². The van der Waals surface area contributed by atoms with Gasteiger partial charge in [-0.25, -0.2) is 0 Å². The smallest absolute Gasteiger partial charge is 0.227 e. The van der Waals surface area contributed by atoms with Crippen molar-refractivity contribution in [2.75, 3.05) is 5.32 Å². The number of aromatic nitrogens is 5. The molecule has 0 aliphatic heterocycles. The topological polar surface area (TPSA) is 88.5 Å². The lowest BCUT2D eigenvalue weighted by Crippen LogP contribution is -2.15. The van der Waals surface area contributed by atoms with Crippen LogP contribution in [-0.4, -0.2) is 31.1 Å². The number of carbonyl (C=O) groups is 1. The summed E-state index contributed by atoms with van der Waals surface area (Å²) in [6.45, 7) is 2.53. The van der Waals surface area contributed by atoms with Crippen molar-refractivity contribution in [3.05, 3.63) is 24.2 Å². The lowest BCUT2D eigenvalue weighted by atomic mass is 10.3. The SMILES string of the molecule is CCc1cc(NC(=O)CCn2ccnn2)n[nH]1. The molecule has 0 fully saturated rings. The van der Waals surface area contributed by atoms with Gasteiger partial charge in [-0.1, -0.05) is 12.1 Å². The van der Waals surface area contributed by atoms with E-state index in [1.54, 1.807) is 17.1 Å². The molecule has 1 amide bonds. The molecule has 0 bridgehead atoms. The summed E-state index contributed by atoms with van der Waals surface area (Å²) in [5.74, 6) is 0.472. The first kappa shape index (κ1) is 11.3. The number of anilines is 1. The molecule has 0 radical (unpaired) electrons. The fraction of sp³-hybridized carbons (Fsp3) is 0.400. The molecule has 0 spiro atoms. The summed E-state index contributed by atoms with van der Waals surface area (Å²) in [4.78, 5) is 11.6. The number of hydrogen-bond acceptors (Lipinski definition) is 4. The Hall–Kier alpha value is -2.18. The van der Waals surface area contributed by atoms with Crippen LogP contribution in [0.2, 0.25) is 0 Å². The number of hydrogen-bond donors (Lipinski definition) is 2. The van der Waals surface area contributed by atoms with Gasteiger partial charge in [0, 0.05) is 24.4 Å². The summed E-state index contributed by atoms with van der Waals surface area (Å²) in [7, 11) is 0. The maximum atomic E-state index is 11.6. The second-order valence-electron chi connectivity index (χ2n) is 3.60. The molecular formula is C10H14N6O. The average Bonchev–Trinajstić information content (AvgIpc) is 2.97. The first-order chi connectivity index (χ1) is 8.28. The van der Waals surface area contributed by atoms with E-state index < -0.39 is 0 Å². The van der Waals surface area contributed by atoms with E-state index in [2.05, 4.69) is 25.8 Å².